The Kier molecular flexibility index (Phi) is 4.56. The van der Waals surface area contributed by atoms with Gasteiger partial charge in [0, 0.05) is 6.04 Å². The molecule has 100 valence electrons. The fourth-order valence-electron chi connectivity index (χ4n) is 2.19. The van der Waals surface area contributed by atoms with Gasteiger partial charge in [0.15, 0.2) is 0 Å². The van der Waals surface area contributed by atoms with E-state index in [2.05, 4.69) is 24.4 Å². The second-order valence-corrected chi connectivity index (χ2v) is 4.91. The zero-order valence-electron chi connectivity index (χ0n) is 11.1. The molecule has 0 aliphatic heterocycles. The van der Waals surface area contributed by atoms with Crippen molar-refractivity contribution in [3.05, 3.63) is 58.9 Å². The summed E-state index contributed by atoms with van der Waals surface area (Å²) in [5.41, 5.74) is 3.22. The van der Waals surface area contributed by atoms with Crippen molar-refractivity contribution in [1.82, 2.24) is 5.32 Å². The van der Waals surface area contributed by atoms with E-state index in [0.717, 1.165) is 17.5 Å². The summed E-state index contributed by atoms with van der Waals surface area (Å²) in [5.74, 6) is -0.386. The molecule has 2 rings (SSSR count). The Labute approximate surface area is 118 Å². The fourth-order valence-corrected chi connectivity index (χ4v) is 2.37. The van der Waals surface area contributed by atoms with Crippen molar-refractivity contribution in [2.24, 2.45) is 0 Å². The lowest BCUT2D eigenvalue weighted by Crippen LogP contribution is -2.14. The van der Waals surface area contributed by atoms with Gasteiger partial charge < -0.3 is 5.32 Å². The lowest BCUT2D eigenvalue weighted by molar-refractivity contribution is 0.577. The van der Waals surface area contributed by atoms with Crippen molar-refractivity contribution in [3.8, 4) is 11.1 Å². The van der Waals surface area contributed by atoms with E-state index < -0.39 is 0 Å². The molecule has 0 spiro atoms. The van der Waals surface area contributed by atoms with Crippen LogP contribution in [0.5, 0.6) is 0 Å². The van der Waals surface area contributed by atoms with Crippen LogP contribution in [-0.4, -0.2) is 7.05 Å². The van der Waals surface area contributed by atoms with Crippen molar-refractivity contribution >= 4 is 11.6 Å². The third-order valence-corrected chi connectivity index (χ3v) is 3.61. The molecular formula is C16H17ClFN. The highest BCUT2D eigenvalue weighted by molar-refractivity contribution is 6.31. The number of nitrogens with one attached hydrogen (secondary N) is 1. The molecule has 0 saturated carbocycles. The van der Waals surface area contributed by atoms with E-state index >= 15 is 0 Å². The Bertz CT molecular complexity index is 547. The van der Waals surface area contributed by atoms with Crippen LogP contribution in [0.1, 0.15) is 24.9 Å². The summed E-state index contributed by atoms with van der Waals surface area (Å²) in [7, 11) is 1.96. The van der Waals surface area contributed by atoms with E-state index in [1.165, 1.54) is 11.6 Å². The zero-order valence-corrected chi connectivity index (χ0v) is 11.8. The number of hydrogen-bond donors (Lipinski definition) is 1. The van der Waals surface area contributed by atoms with Crippen LogP contribution in [0.25, 0.3) is 11.1 Å². The minimum Gasteiger partial charge on any atom is -0.313 e. The predicted molar refractivity (Wildman–Crippen MR) is 78.9 cm³/mol. The molecule has 0 saturated heterocycles. The highest BCUT2D eigenvalue weighted by Crippen LogP contribution is 2.26. The van der Waals surface area contributed by atoms with Gasteiger partial charge in [0.2, 0.25) is 0 Å². The topological polar surface area (TPSA) is 12.0 Å². The normalized spacial score (nSPS) is 12.4. The molecule has 2 aromatic carbocycles. The molecule has 0 amide bonds. The molecule has 0 radical (unpaired) electrons. The highest BCUT2D eigenvalue weighted by Gasteiger charge is 2.07. The van der Waals surface area contributed by atoms with Crippen LogP contribution in [0.3, 0.4) is 0 Å². The first kappa shape index (κ1) is 14.0. The first-order valence-electron chi connectivity index (χ1n) is 6.38. The Hall–Kier alpha value is -1.38. The van der Waals surface area contributed by atoms with Gasteiger partial charge in [-0.3, -0.25) is 0 Å². The van der Waals surface area contributed by atoms with E-state index in [-0.39, 0.29) is 10.8 Å². The smallest absolute Gasteiger partial charge is 0.141 e. The lowest BCUT2D eigenvalue weighted by atomic mass is 9.99. The second kappa shape index (κ2) is 6.18. The second-order valence-electron chi connectivity index (χ2n) is 4.50. The summed E-state index contributed by atoms with van der Waals surface area (Å²) in [6.07, 6.45) is 1.04. The molecule has 1 nitrogen and oxygen atoms in total. The summed E-state index contributed by atoms with van der Waals surface area (Å²) in [5, 5.41) is 3.43. The average Bonchev–Trinajstić information content (AvgIpc) is 2.44. The standard InChI is InChI=1S/C16H17ClFN/c1-3-16(19-2)12-6-4-11(5-7-12)13-8-9-15(18)14(17)10-13/h4-10,16,19H,3H2,1-2H3. The maximum absolute atomic E-state index is 13.1. The molecule has 0 bridgehead atoms. The summed E-state index contributed by atoms with van der Waals surface area (Å²) in [6, 6.07) is 13.4. The minimum atomic E-state index is -0.386. The number of rotatable bonds is 4. The Morgan fingerprint density at radius 1 is 1.11 bits per heavy atom. The van der Waals surface area contributed by atoms with Gasteiger partial charge in [-0.1, -0.05) is 48.9 Å². The molecule has 0 aromatic heterocycles. The van der Waals surface area contributed by atoms with E-state index in [1.807, 2.05) is 19.2 Å². The maximum atomic E-state index is 13.1. The molecule has 19 heavy (non-hydrogen) atoms. The first-order chi connectivity index (χ1) is 9.15. The monoisotopic (exact) mass is 277 g/mol. The van der Waals surface area contributed by atoms with Crippen LogP contribution < -0.4 is 5.32 Å². The molecule has 1 N–H and O–H groups in total. The number of hydrogen-bond acceptors (Lipinski definition) is 1. The first-order valence-corrected chi connectivity index (χ1v) is 6.76. The zero-order chi connectivity index (χ0) is 13.8. The van der Waals surface area contributed by atoms with Crippen LogP contribution in [0.15, 0.2) is 42.5 Å². The van der Waals surface area contributed by atoms with E-state index in [0.29, 0.717) is 6.04 Å². The van der Waals surface area contributed by atoms with Crippen molar-refractivity contribution in [2.75, 3.05) is 7.05 Å². The summed E-state index contributed by atoms with van der Waals surface area (Å²) >= 11 is 5.81. The molecule has 0 heterocycles. The van der Waals surface area contributed by atoms with Gasteiger partial charge in [-0.15, -0.1) is 0 Å². The highest BCUT2D eigenvalue weighted by atomic mass is 35.5. The predicted octanol–water partition coefficient (Wildman–Crippen LogP) is 4.82. The molecule has 0 fully saturated rings. The van der Waals surface area contributed by atoms with Gasteiger partial charge in [-0.2, -0.15) is 0 Å². The molecule has 0 aliphatic rings. The van der Waals surface area contributed by atoms with Crippen molar-refractivity contribution in [3.63, 3.8) is 0 Å². The quantitative estimate of drug-likeness (QED) is 0.845. The lowest BCUT2D eigenvalue weighted by Gasteiger charge is -2.14. The van der Waals surface area contributed by atoms with Gasteiger partial charge in [-0.05, 0) is 42.3 Å². The van der Waals surface area contributed by atoms with Gasteiger partial charge >= 0.3 is 0 Å². The maximum Gasteiger partial charge on any atom is 0.141 e. The summed E-state index contributed by atoms with van der Waals surface area (Å²) < 4.78 is 13.1. The number of halogens is 2. The third kappa shape index (κ3) is 3.14. The Balaban J connectivity index is 2.29. The SMILES string of the molecule is CCC(NC)c1ccc(-c2ccc(F)c(Cl)c2)cc1. The molecule has 1 atom stereocenters. The van der Waals surface area contributed by atoms with Crippen LogP contribution in [0, 0.1) is 5.82 Å². The van der Waals surface area contributed by atoms with Crippen LogP contribution in [-0.2, 0) is 0 Å². The molecule has 2 aromatic rings. The van der Waals surface area contributed by atoms with Crippen molar-refractivity contribution in [1.29, 1.82) is 0 Å². The molecule has 1 unspecified atom stereocenters. The van der Waals surface area contributed by atoms with E-state index in [9.17, 15) is 4.39 Å². The number of benzene rings is 2. The minimum absolute atomic E-state index is 0.156. The third-order valence-electron chi connectivity index (χ3n) is 3.32. The average molecular weight is 278 g/mol. The van der Waals surface area contributed by atoms with Gasteiger partial charge in [0.1, 0.15) is 5.82 Å². The molecule has 0 aliphatic carbocycles. The largest absolute Gasteiger partial charge is 0.313 e. The Morgan fingerprint density at radius 3 is 2.26 bits per heavy atom. The van der Waals surface area contributed by atoms with Gasteiger partial charge in [0.25, 0.3) is 0 Å². The van der Waals surface area contributed by atoms with Gasteiger partial charge in [0.05, 0.1) is 5.02 Å². The summed E-state index contributed by atoms with van der Waals surface area (Å²) in [4.78, 5) is 0. The van der Waals surface area contributed by atoms with E-state index in [1.54, 1.807) is 12.1 Å². The molecule has 3 heteroatoms. The van der Waals surface area contributed by atoms with Crippen LogP contribution in [0.2, 0.25) is 5.02 Å². The Morgan fingerprint density at radius 2 is 1.74 bits per heavy atom. The van der Waals surface area contributed by atoms with Crippen molar-refractivity contribution in [2.45, 2.75) is 19.4 Å². The van der Waals surface area contributed by atoms with E-state index in [4.69, 9.17) is 11.6 Å². The summed E-state index contributed by atoms with van der Waals surface area (Å²) in [6.45, 7) is 2.15. The van der Waals surface area contributed by atoms with Crippen molar-refractivity contribution < 1.29 is 4.39 Å². The van der Waals surface area contributed by atoms with Crippen LogP contribution in [0.4, 0.5) is 4.39 Å². The van der Waals surface area contributed by atoms with Crippen LogP contribution >= 0.6 is 11.6 Å². The molecular weight excluding hydrogens is 261 g/mol. The fraction of sp³-hybridized carbons (Fsp3) is 0.250. The van der Waals surface area contributed by atoms with Gasteiger partial charge in [-0.25, -0.2) is 4.39 Å².